The van der Waals surface area contributed by atoms with Gasteiger partial charge in [-0.05, 0) is 12.1 Å². The molecule has 0 saturated carbocycles. The first-order chi connectivity index (χ1) is 8.29. The van der Waals surface area contributed by atoms with Crippen LogP contribution < -0.4 is 11.3 Å². The topological polar surface area (TPSA) is 53.6 Å². The van der Waals surface area contributed by atoms with Crippen molar-refractivity contribution in [1.82, 2.24) is 10.3 Å². The zero-order valence-electron chi connectivity index (χ0n) is 9.97. The van der Waals surface area contributed by atoms with Crippen LogP contribution in [0.15, 0.2) is 35.3 Å². The Morgan fingerprint density at radius 3 is 2.88 bits per heavy atom. The molecule has 1 fully saturated rings. The molecule has 1 aliphatic heterocycles. The van der Waals surface area contributed by atoms with Crippen LogP contribution in [0.1, 0.15) is 6.92 Å². The van der Waals surface area contributed by atoms with Gasteiger partial charge in [0.2, 0.25) is 5.96 Å². The highest BCUT2D eigenvalue weighted by atomic mass is 32.2. The van der Waals surface area contributed by atoms with Gasteiger partial charge in [0.1, 0.15) is 0 Å². The second-order valence-corrected chi connectivity index (χ2v) is 5.59. The molecule has 1 aromatic carbocycles. The Labute approximate surface area is 106 Å². The lowest BCUT2D eigenvalue weighted by molar-refractivity contribution is 0.420. The summed E-state index contributed by atoms with van der Waals surface area (Å²) in [4.78, 5) is 6.73. The summed E-state index contributed by atoms with van der Waals surface area (Å²) in [5.41, 5.74) is 3.63. The van der Waals surface area contributed by atoms with Gasteiger partial charge in [-0.1, -0.05) is 25.1 Å². The fourth-order valence-electron chi connectivity index (χ4n) is 1.83. The third-order valence-electron chi connectivity index (χ3n) is 2.66. The van der Waals surface area contributed by atoms with Crippen molar-refractivity contribution in [3.8, 4) is 0 Å². The van der Waals surface area contributed by atoms with E-state index in [1.807, 2.05) is 42.1 Å². The molecule has 1 heterocycles. The number of hydrogen-bond acceptors (Lipinski definition) is 3. The molecule has 17 heavy (non-hydrogen) atoms. The largest absolute Gasteiger partial charge is 0.340 e. The van der Waals surface area contributed by atoms with Gasteiger partial charge in [0, 0.05) is 24.1 Å². The van der Waals surface area contributed by atoms with Crippen LogP contribution in [-0.2, 0) is 0 Å². The normalized spacial score (nSPS) is 21.4. The molecule has 0 bridgehead atoms. The van der Waals surface area contributed by atoms with E-state index in [4.69, 9.17) is 5.84 Å². The molecule has 3 N–H and O–H groups in total. The number of nitrogens with zero attached hydrogens (tertiary/aromatic N) is 2. The average Bonchev–Trinajstić information content (AvgIpc) is 2.37. The molecule has 1 aromatic rings. The Hall–Kier alpha value is -1.20. The van der Waals surface area contributed by atoms with Gasteiger partial charge in [-0.3, -0.25) is 5.43 Å². The molecule has 4 nitrogen and oxygen atoms in total. The average molecular weight is 250 g/mol. The quantitative estimate of drug-likeness (QED) is 0.344. The fourth-order valence-corrected chi connectivity index (χ4v) is 2.84. The van der Waals surface area contributed by atoms with Gasteiger partial charge in [-0.25, -0.2) is 10.8 Å². The first-order valence-electron chi connectivity index (χ1n) is 5.76. The van der Waals surface area contributed by atoms with Crippen LogP contribution in [0.2, 0.25) is 0 Å². The van der Waals surface area contributed by atoms with Gasteiger partial charge < -0.3 is 4.90 Å². The first-order valence-corrected chi connectivity index (χ1v) is 6.81. The van der Waals surface area contributed by atoms with Crippen molar-refractivity contribution in [1.29, 1.82) is 0 Å². The third kappa shape index (κ3) is 3.38. The van der Waals surface area contributed by atoms with Crippen molar-refractivity contribution >= 4 is 23.4 Å². The summed E-state index contributed by atoms with van der Waals surface area (Å²) >= 11 is 1.99. The highest BCUT2D eigenvalue weighted by Gasteiger charge is 2.19. The van der Waals surface area contributed by atoms with Gasteiger partial charge in [0.05, 0.1) is 5.69 Å². The summed E-state index contributed by atoms with van der Waals surface area (Å²) in [6, 6.07) is 9.87. The minimum atomic E-state index is 0.623. The number of rotatable bonds is 1. The van der Waals surface area contributed by atoms with Crippen LogP contribution in [0.4, 0.5) is 5.69 Å². The number of benzene rings is 1. The Kier molecular flexibility index (Phi) is 4.28. The van der Waals surface area contributed by atoms with E-state index in [0.29, 0.717) is 5.25 Å². The monoisotopic (exact) mass is 250 g/mol. The molecule has 92 valence electrons. The number of thioether (sulfide) groups is 1. The highest BCUT2D eigenvalue weighted by Crippen LogP contribution is 2.18. The van der Waals surface area contributed by atoms with Gasteiger partial charge in [0.15, 0.2) is 0 Å². The van der Waals surface area contributed by atoms with Crippen LogP contribution in [-0.4, -0.2) is 35.0 Å². The number of hydrazine groups is 1. The van der Waals surface area contributed by atoms with Gasteiger partial charge in [-0.15, -0.1) is 0 Å². The molecule has 0 aromatic heterocycles. The van der Waals surface area contributed by atoms with Gasteiger partial charge >= 0.3 is 0 Å². The lowest BCUT2D eigenvalue weighted by Gasteiger charge is -2.32. The molecule has 1 unspecified atom stereocenters. The zero-order chi connectivity index (χ0) is 12.1. The van der Waals surface area contributed by atoms with E-state index in [-0.39, 0.29) is 0 Å². The highest BCUT2D eigenvalue weighted by molar-refractivity contribution is 7.99. The predicted octanol–water partition coefficient (Wildman–Crippen LogP) is 1.57. The molecule has 0 spiro atoms. The second kappa shape index (κ2) is 5.93. The van der Waals surface area contributed by atoms with Crippen LogP contribution in [0.3, 0.4) is 0 Å². The summed E-state index contributed by atoms with van der Waals surface area (Å²) in [5.74, 6) is 7.44. The van der Waals surface area contributed by atoms with E-state index >= 15 is 0 Å². The maximum atomic E-state index is 5.57. The predicted molar refractivity (Wildman–Crippen MR) is 74.4 cm³/mol. The summed E-state index contributed by atoms with van der Waals surface area (Å²) < 4.78 is 0. The minimum absolute atomic E-state index is 0.623. The summed E-state index contributed by atoms with van der Waals surface area (Å²) in [7, 11) is 0. The van der Waals surface area contributed by atoms with E-state index in [1.54, 1.807) is 0 Å². The molecule has 0 aliphatic carbocycles. The van der Waals surface area contributed by atoms with Crippen molar-refractivity contribution in [3.63, 3.8) is 0 Å². The molecule has 1 aliphatic rings. The number of hydrogen-bond donors (Lipinski definition) is 2. The van der Waals surface area contributed by atoms with Crippen LogP contribution in [0.25, 0.3) is 0 Å². The van der Waals surface area contributed by atoms with Crippen LogP contribution in [0, 0.1) is 0 Å². The number of nitrogens with two attached hydrogens (primary N) is 1. The van der Waals surface area contributed by atoms with Crippen molar-refractivity contribution in [2.24, 2.45) is 10.8 Å². The van der Waals surface area contributed by atoms with Crippen LogP contribution >= 0.6 is 11.8 Å². The second-order valence-electron chi connectivity index (χ2n) is 4.04. The third-order valence-corrected chi connectivity index (χ3v) is 3.80. The van der Waals surface area contributed by atoms with Gasteiger partial charge in [-0.2, -0.15) is 11.8 Å². The number of para-hydroxylation sites is 1. The number of aliphatic imine (C=N–C) groups is 1. The molecular formula is C12H18N4S. The zero-order valence-corrected chi connectivity index (χ0v) is 10.8. The van der Waals surface area contributed by atoms with Crippen molar-refractivity contribution in [3.05, 3.63) is 30.3 Å². The van der Waals surface area contributed by atoms with E-state index in [2.05, 4.69) is 22.2 Å². The maximum absolute atomic E-state index is 5.57. The molecule has 2 rings (SSSR count). The summed E-state index contributed by atoms with van der Waals surface area (Å²) in [6.07, 6.45) is 0. The fraction of sp³-hybridized carbons (Fsp3) is 0.417. The smallest absolute Gasteiger partial charge is 0.213 e. The lowest BCUT2D eigenvalue weighted by Crippen LogP contribution is -2.49. The van der Waals surface area contributed by atoms with Crippen LogP contribution in [0.5, 0.6) is 0 Å². The summed E-state index contributed by atoms with van der Waals surface area (Å²) in [5, 5.41) is 0.623. The Bertz CT molecular complexity index is 379. The number of nitrogens with one attached hydrogen (secondary N) is 1. The molecule has 5 heteroatoms. The summed E-state index contributed by atoms with van der Waals surface area (Å²) in [6.45, 7) is 4.21. The Morgan fingerprint density at radius 2 is 2.24 bits per heavy atom. The SMILES string of the molecule is CC1CN(C(=Nc2ccccc2)NN)CCS1. The van der Waals surface area contributed by atoms with Crippen molar-refractivity contribution < 1.29 is 0 Å². The van der Waals surface area contributed by atoms with Crippen molar-refractivity contribution in [2.75, 3.05) is 18.8 Å². The molecule has 1 saturated heterocycles. The molecular weight excluding hydrogens is 232 g/mol. The van der Waals surface area contributed by atoms with Crippen molar-refractivity contribution in [2.45, 2.75) is 12.2 Å². The molecule has 1 atom stereocenters. The van der Waals surface area contributed by atoms with E-state index in [0.717, 1.165) is 30.5 Å². The molecule has 0 radical (unpaired) electrons. The Balaban J connectivity index is 2.12. The van der Waals surface area contributed by atoms with E-state index in [9.17, 15) is 0 Å². The Morgan fingerprint density at radius 1 is 1.47 bits per heavy atom. The maximum Gasteiger partial charge on any atom is 0.213 e. The lowest BCUT2D eigenvalue weighted by atomic mass is 10.3. The molecule has 0 amide bonds. The first kappa shape index (κ1) is 12.3. The van der Waals surface area contributed by atoms with E-state index in [1.165, 1.54) is 0 Å². The van der Waals surface area contributed by atoms with E-state index < -0.39 is 0 Å². The standard InChI is InChI=1S/C12H18N4S/c1-10-9-16(7-8-17-10)12(15-13)14-11-5-3-2-4-6-11/h2-6,10H,7-9,13H2,1H3,(H,14,15). The number of guanidine groups is 1. The van der Waals surface area contributed by atoms with Gasteiger partial charge in [0.25, 0.3) is 0 Å². The minimum Gasteiger partial charge on any atom is -0.340 e.